The minimum Gasteiger partial charge on any atom is -0.280 e. The van der Waals surface area contributed by atoms with Crippen LogP contribution in [-0.2, 0) is 24.1 Å². The highest BCUT2D eigenvalue weighted by Gasteiger charge is 2.41. The van der Waals surface area contributed by atoms with Crippen molar-refractivity contribution in [2.75, 3.05) is 0 Å². The SMILES string of the molecule is [B]C([B])([B])n1ncc(-c2cc(C3CCCCC3)c(=O)n(Cc3ncccc3C(F)(F)F)n2)c1C(F)(F)F. The summed E-state index contributed by atoms with van der Waals surface area (Å²) in [6, 6.07) is 3.11. The van der Waals surface area contributed by atoms with Gasteiger partial charge in [-0.15, -0.1) is 0 Å². The van der Waals surface area contributed by atoms with Crippen LogP contribution in [0.2, 0.25) is 0 Å². The first kappa shape index (κ1) is 27.1. The summed E-state index contributed by atoms with van der Waals surface area (Å²) in [5.74, 6) is -0.304. The van der Waals surface area contributed by atoms with Crippen LogP contribution in [0.3, 0.4) is 0 Å². The molecule has 3 aromatic heterocycles. The van der Waals surface area contributed by atoms with Gasteiger partial charge in [0.1, 0.15) is 5.69 Å². The third-order valence-electron chi connectivity index (χ3n) is 6.22. The molecule has 1 fully saturated rings. The Bertz CT molecular complexity index is 1340. The molecule has 3 heterocycles. The molecule has 0 spiro atoms. The van der Waals surface area contributed by atoms with Crippen LogP contribution in [0.15, 0.2) is 35.4 Å². The molecule has 4 rings (SSSR count). The van der Waals surface area contributed by atoms with Crippen molar-refractivity contribution in [1.29, 1.82) is 0 Å². The Kier molecular flexibility index (Phi) is 7.11. The summed E-state index contributed by atoms with van der Waals surface area (Å²) in [6.45, 7) is -0.716. The van der Waals surface area contributed by atoms with Crippen LogP contribution < -0.4 is 5.56 Å². The van der Waals surface area contributed by atoms with Crippen molar-refractivity contribution in [2.24, 2.45) is 0 Å². The van der Waals surface area contributed by atoms with Crippen molar-refractivity contribution in [3.05, 3.63) is 63.5 Å². The van der Waals surface area contributed by atoms with Gasteiger partial charge < -0.3 is 0 Å². The second-order valence-corrected chi connectivity index (χ2v) is 8.98. The summed E-state index contributed by atoms with van der Waals surface area (Å²) >= 11 is 0. The maximum Gasteiger partial charge on any atom is 0.433 e. The Labute approximate surface area is 211 Å². The maximum atomic E-state index is 14.1. The lowest BCUT2D eigenvalue weighted by Gasteiger charge is -2.26. The number of pyridine rings is 1. The summed E-state index contributed by atoms with van der Waals surface area (Å²) in [4.78, 5) is 17.1. The van der Waals surface area contributed by atoms with Crippen molar-refractivity contribution >= 4 is 23.5 Å². The van der Waals surface area contributed by atoms with E-state index in [9.17, 15) is 31.1 Å². The quantitative estimate of drug-likeness (QED) is 0.385. The summed E-state index contributed by atoms with van der Waals surface area (Å²) in [5.41, 5.74) is -4.49. The summed E-state index contributed by atoms with van der Waals surface area (Å²) in [7, 11) is 16.4. The van der Waals surface area contributed by atoms with Gasteiger partial charge in [-0.3, -0.25) is 14.5 Å². The average molecular weight is 515 g/mol. The maximum absolute atomic E-state index is 14.1. The normalized spacial score (nSPS) is 15.7. The van der Waals surface area contributed by atoms with Gasteiger partial charge in [-0.25, -0.2) is 4.68 Å². The van der Waals surface area contributed by atoms with Gasteiger partial charge in [0.25, 0.3) is 5.56 Å². The Hall–Kier alpha value is -2.99. The molecular weight excluding hydrogens is 497 g/mol. The molecule has 6 radical (unpaired) electrons. The van der Waals surface area contributed by atoms with E-state index in [-0.39, 0.29) is 21.9 Å². The first-order valence-electron chi connectivity index (χ1n) is 11.3. The zero-order chi connectivity index (χ0) is 27.2. The Morgan fingerprint density at radius 2 is 1.68 bits per heavy atom. The minimum absolute atomic E-state index is 0.148. The van der Waals surface area contributed by atoms with Gasteiger partial charge in [0.05, 0.1) is 58.8 Å². The Morgan fingerprint density at radius 3 is 2.27 bits per heavy atom. The van der Waals surface area contributed by atoms with E-state index < -0.39 is 52.2 Å². The molecule has 0 saturated heterocycles. The number of rotatable bonds is 5. The van der Waals surface area contributed by atoms with E-state index in [1.165, 1.54) is 6.07 Å². The van der Waals surface area contributed by atoms with E-state index in [0.717, 1.165) is 43.8 Å². The molecule has 1 saturated carbocycles. The molecule has 0 atom stereocenters. The second kappa shape index (κ2) is 9.72. The van der Waals surface area contributed by atoms with Crippen LogP contribution in [0.25, 0.3) is 11.3 Å². The molecule has 0 unspecified atom stereocenters. The fourth-order valence-electron chi connectivity index (χ4n) is 4.57. The molecule has 37 heavy (non-hydrogen) atoms. The van der Waals surface area contributed by atoms with E-state index in [1.807, 2.05) is 0 Å². The highest BCUT2D eigenvalue weighted by atomic mass is 19.4. The van der Waals surface area contributed by atoms with Gasteiger partial charge >= 0.3 is 12.4 Å². The van der Waals surface area contributed by atoms with Gasteiger partial charge in [-0.1, -0.05) is 19.3 Å². The predicted octanol–water partition coefficient (Wildman–Crippen LogP) is 3.71. The van der Waals surface area contributed by atoms with E-state index in [1.54, 1.807) is 0 Å². The number of hydrogen-bond acceptors (Lipinski definition) is 4. The van der Waals surface area contributed by atoms with Crippen molar-refractivity contribution < 1.29 is 26.3 Å². The van der Waals surface area contributed by atoms with Crippen molar-refractivity contribution in [1.82, 2.24) is 24.5 Å². The number of nitrogens with zero attached hydrogens (tertiary/aromatic N) is 5. The number of hydrogen-bond donors (Lipinski definition) is 0. The molecule has 15 heteroatoms. The van der Waals surface area contributed by atoms with Crippen molar-refractivity contribution in [2.45, 2.75) is 62.2 Å². The fraction of sp³-hybridized carbons (Fsp3) is 0.455. The lowest BCUT2D eigenvalue weighted by molar-refractivity contribution is -0.143. The predicted molar refractivity (Wildman–Crippen MR) is 124 cm³/mol. The molecule has 188 valence electrons. The topological polar surface area (TPSA) is 65.6 Å². The Balaban J connectivity index is 1.94. The smallest absolute Gasteiger partial charge is 0.280 e. The molecule has 0 aromatic carbocycles. The lowest BCUT2D eigenvalue weighted by Crippen LogP contribution is -2.39. The second-order valence-electron chi connectivity index (χ2n) is 8.98. The fourth-order valence-corrected chi connectivity index (χ4v) is 4.57. The van der Waals surface area contributed by atoms with E-state index in [2.05, 4.69) is 15.2 Å². The van der Waals surface area contributed by atoms with Gasteiger partial charge in [0.15, 0.2) is 0 Å². The van der Waals surface area contributed by atoms with Crippen molar-refractivity contribution in [3.8, 4) is 11.3 Å². The summed E-state index contributed by atoms with van der Waals surface area (Å²) in [6.07, 6.45) is -4.17. The largest absolute Gasteiger partial charge is 0.433 e. The number of aromatic nitrogens is 5. The standard InChI is InChI=1S/C22H18B3F6N5O/c23-22(24,25)36-18(21(29,30)31)14(10-33-36)16-9-13(12-5-2-1-3-6-12)19(37)35(34-16)11-17-15(20(26,27)28)7-4-8-32-17/h4,7-10,12H,1-3,5-6,11H2. The van der Waals surface area contributed by atoms with Crippen LogP contribution in [0.5, 0.6) is 0 Å². The molecule has 0 N–H and O–H groups in total. The van der Waals surface area contributed by atoms with Crippen LogP contribution in [0.1, 0.15) is 60.5 Å². The minimum atomic E-state index is -5.03. The molecule has 0 bridgehead atoms. The van der Waals surface area contributed by atoms with Gasteiger partial charge in [-0.05, 0) is 42.2 Å². The van der Waals surface area contributed by atoms with E-state index in [0.29, 0.717) is 17.5 Å². The monoisotopic (exact) mass is 515 g/mol. The van der Waals surface area contributed by atoms with Crippen LogP contribution >= 0.6 is 0 Å². The van der Waals surface area contributed by atoms with Gasteiger partial charge in [0.2, 0.25) is 0 Å². The highest BCUT2D eigenvalue weighted by Crippen LogP contribution is 2.39. The lowest BCUT2D eigenvalue weighted by atomic mass is 9.49. The van der Waals surface area contributed by atoms with Crippen LogP contribution in [0.4, 0.5) is 26.3 Å². The molecule has 1 aliphatic rings. The van der Waals surface area contributed by atoms with Gasteiger partial charge in [-0.2, -0.15) is 36.5 Å². The Morgan fingerprint density at radius 1 is 1.00 bits per heavy atom. The summed E-state index contributed by atoms with van der Waals surface area (Å²) < 4.78 is 83.7. The third-order valence-corrected chi connectivity index (χ3v) is 6.22. The zero-order valence-electron chi connectivity index (χ0n) is 19.4. The molecular formula is C22H18B3F6N5O. The van der Waals surface area contributed by atoms with Crippen molar-refractivity contribution in [3.63, 3.8) is 0 Å². The van der Waals surface area contributed by atoms with Gasteiger partial charge in [0, 0.05) is 11.8 Å². The number of halogens is 6. The summed E-state index contributed by atoms with van der Waals surface area (Å²) in [5, 5.41) is 5.08. The molecule has 0 aliphatic heterocycles. The molecule has 0 amide bonds. The van der Waals surface area contributed by atoms with E-state index in [4.69, 9.17) is 23.5 Å². The average Bonchev–Trinajstić information content (AvgIpc) is 3.27. The third kappa shape index (κ3) is 5.64. The van der Waals surface area contributed by atoms with Crippen LogP contribution in [0, 0.1) is 0 Å². The first-order valence-corrected chi connectivity index (χ1v) is 11.3. The molecule has 6 nitrogen and oxygen atoms in total. The zero-order valence-corrected chi connectivity index (χ0v) is 19.4. The highest BCUT2D eigenvalue weighted by molar-refractivity contribution is 6.56. The molecule has 3 aromatic rings. The molecule has 1 aliphatic carbocycles. The van der Waals surface area contributed by atoms with E-state index >= 15 is 0 Å². The van der Waals surface area contributed by atoms with Crippen LogP contribution in [-0.4, -0.2) is 48.1 Å². The number of alkyl halides is 6. The first-order chi connectivity index (χ1) is 17.2.